The van der Waals surface area contributed by atoms with Crippen LogP contribution in [-0.2, 0) is 16.0 Å². The lowest BCUT2D eigenvalue weighted by Gasteiger charge is -2.31. The van der Waals surface area contributed by atoms with Crippen LogP contribution in [0.4, 0.5) is 4.79 Å². The molecule has 2 amide bonds. The molecule has 0 aliphatic heterocycles. The second-order valence-electron chi connectivity index (χ2n) is 9.32. The highest BCUT2D eigenvalue weighted by Gasteiger charge is 2.29. The van der Waals surface area contributed by atoms with E-state index in [4.69, 9.17) is 4.74 Å². The molecule has 0 aromatic carbocycles. The molecule has 0 saturated heterocycles. The minimum absolute atomic E-state index is 0.0700. The summed E-state index contributed by atoms with van der Waals surface area (Å²) in [6.45, 7) is 6.90. The van der Waals surface area contributed by atoms with Crippen molar-refractivity contribution in [1.29, 1.82) is 0 Å². The molecule has 0 unspecified atom stereocenters. The molecule has 1 fully saturated rings. The SMILES string of the molecule is CN(CC1CCC(C(=O)NCC2=Cc3cccnc3C2)CC1)C(=O)OC(C)(C)C. The lowest BCUT2D eigenvalue weighted by molar-refractivity contribution is -0.126. The first kappa shape index (κ1) is 21.3. The number of fused-ring (bicyclic) bond motifs is 1. The molecule has 0 bridgehead atoms. The highest BCUT2D eigenvalue weighted by atomic mass is 16.6. The van der Waals surface area contributed by atoms with Gasteiger partial charge in [0.2, 0.25) is 5.91 Å². The highest BCUT2D eigenvalue weighted by Crippen LogP contribution is 2.30. The zero-order valence-corrected chi connectivity index (χ0v) is 18.0. The molecule has 2 aliphatic carbocycles. The number of carbonyl (C=O) groups is 2. The summed E-state index contributed by atoms with van der Waals surface area (Å²) in [5.41, 5.74) is 2.98. The van der Waals surface area contributed by atoms with E-state index in [1.807, 2.05) is 33.0 Å². The van der Waals surface area contributed by atoms with Crippen molar-refractivity contribution >= 4 is 18.1 Å². The van der Waals surface area contributed by atoms with Gasteiger partial charge in [0.1, 0.15) is 5.60 Å². The fourth-order valence-electron chi connectivity index (χ4n) is 4.08. The van der Waals surface area contributed by atoms with Gasteiger partial charge in [-0.25, -0.2) is 4.79 Å². The van der Waals surface area contributed by atoms with Gasteiger partial charge in [0.05, 0.1) is 5.69 Å². The Kier molecular flexibility index (Phi) is 6.60. The van der Waals surface area contributed by atoms with E-state index in [2.05, 4.69) is 22.4 Å². The Bertz CT molecular complexity index is 774. The Morgan fingerprint density at radius 3 is 2.62 bits per heavy atom. The van der Waals surface area contributed by atoms with Crippen LogP contribution in [0.15, 0.2) is 23.9 Å². The van der Waals surface area contributed by atoms with Crippen LogP contribution >= 0.6 is 0 Å². The van der Waals surface area contributed by atoms with Gasteiger partial charge in [0.25, 0.3) is 0 Å². The maximum atomic E-state index is 12.6. The van der Waals surface area contributed by atoms with Crippen LogP contribution in [0.25, 0.3) is 6.08 Å². The molecular formula is C23H33N3O3. The van der Waals surface area contributed by atoms with Crippen molar-refractivity contribution in [2.45, 2.75) is 58.5 Å². The summed E-state index contributed by atoms with van der Waals surface area (Å²) < 4.78 is 5.42. The molecule has 29 heavy (non-hydrogen) atoms. The van der Waals surface area contributed by atoms with Crippen LogP contribution in [-0.4, -0.2) is 47.6 Å². The van der Waals surface area contributed by atoms with E-state index >= 15 is 0 Å². The molecule has 158 valence electrons. The van der Waals surface area contributed by atoms with E-state index in [0.29, 0.717) is 19.0 Å². The third-order valence-corrected chi connectivity index (χ3v) is 5.62. The minimum Gasteiger partial charge on any atom is -0.444 e. The Labute approximate surface area is 173 Å². The van der Waals surface area contributed by atoms with Crippen molar-refractivity contribution in [2.75, 3.05) is 20.1 Å². The van der Waals surface area contributed by atoms with E-state index in [0.717, 1.165) is 43.4 Å². The normalized spacial score (nSPS) is 21.2. The maximum absolute atomic E-state index is 12.6. The smallest absolute Gasteiger partial charge is 0.410 e. The minimum atomic E-state index is -0.479. The fourth-order valence-corrected chi connectivity index (χ4v) is 4.08. The van der Waals surface area contributed by atoms with E-state index in [1.54, 1.807) is 11.9 Å². The van der Waals surface area contributed by atoms with Crippen molar-refractivity contribution in [2.24, 2.45) is 11.8 Å². The number of pyridine rings is 1. The molecule has 0 radical (unpaired) electrons. The number of aromatic nitrogens is 1. The molecule has 1 aromatic heterocycles. The Hall–Kier alpha value is -2.37. The first-order valence-electron chi connectivity index (χ1n) is 10.6. The number of hydrogen-bond acceptors (Lipinski definition) is 4. The largest absolute Gasteiger partial charge is 0.444 e. The predicted molar refractivity (Wildman–Crippen MR) is 113 cm³/mol. The molecule has 1 heterocycles. The standard InChI is InChI=1S/C23H33N3O3/c1-23(2,3)29-22(28)26(4)15-16-7-9-18(10-8-16)21(27)25-14-17-12-19-6-5-11-24-20(19)13-17/h5-6,11-12,16,18H,7-10,13-15H2,1-4H3,(H,25,27). The topological polar surface area (TPSA) is 71.5 Å². The third-order valence-electron chi connectivity index (χ3n) is 5.62. The van der Waals surface area contributed by atoms with Gasteiger partial charge in [-0.15, -0.1) is 0 Å². The first-order chi connectivity index (χ1) is 13.7. The Morgan fingerprint density at radius 1 is 1.24 bits per heavy atom. The van der Waals surface area contributed by atoms with Gasteiger partial charge in [0, 0.05) is 38.7 Å². The Balaban J connectivity index is 1.38. The van der Waals surface area contributed by atoms with Crippen LogP contribution in [0.2, 0.25) is 0 Å². The molecule has 1 aromatic rings. The van der Waals surface area contributed by atoms with Gasteiger partial charge in [0.15, 0.2) is 0 Å². The van der Waals surface area contributed by atoms with E-state index in [-0.39, 0.29) is 17.9 Å². The molecule has 2 aliphatic rings. The number of hydrogen-bond donors (Lipinski definition) is 1. The maximum Gasteiger partial charge on any atom is 0.410 e. The lowest BCUT2D eigenvalue weighted by atomic mass is 9.81. The summed E-state index contributed by atoms with van der Waals surface area (Å²) in [5.74, 6) is 0.643. The fraction of sp³-hybridized carbons (Fsp3) is 0.609. The lowest BCUT2D eigenvalue weighted by Crippen LogP contribution is -2.39. The predicted octanol–water partition coefficient (Wildman–Crippen LogP) is 3.81. The average molecular weight is 400 g/mol. The first-order valence-corrected chi connectivity index (χ1v) is 10.6. The molecule has 0 spiro atoms. The molecule has 6 nitrogen and oxygen atoms in total. The summed E-state index contributed by atoms with van der Waals surface area (Å²) in [6.07, 6.45) is 8.16. The molecule has 1 saturated carbocycles. The monoisotopic (exact) mass is 399 g/mol. The third kappa shape index (κ3) is 6.05. The van der Waals surface area contributed by atoms with Crippen LogP contribution in [0.1, 0.15) is 57.7 Å². The summed E-state index contributed by atoms with van der Waals surface area (Å²) in [5, 5.41) is 3.11. The highest BCUT2D eigenvalue weighted by molar-refractivity contribution is 5.79. The van der Waals surface area contributed by atoms with Crippen LogP contribution in [0.3, 0.4) is 0 Å². The molecule has 3 rings (SSSR count). The van der Waals surface area contributed by atoms with Crippen molar-refractivity contribution < 1.29 is 14.3 Å². The van der Waals surface area contributed by atoms with E-state index < -0.39 is 5.60 Å². The summed E-state index contributed by atoms with van der Waals surface area (Å²) >= 11 is 0. The summed E-state index contributed by atoms with van der Waals surface area (Å²) in [7, 11) is 1.79. The molecule has 0 atom stereocenters. The zero-order chi connectivity index (χ0) is 21.0. The molecule has 1 N–H and O–H groups in total. The van der Waals surface area contributed by atoms with Crippen molar-refractivity contribution in [3.63, 3.8) is 0 Å². The number of carbonyl (C=O) groups excluding carboxylic acids is 2. The van der Waals surface area contributed by atoms with E-state index in [9.17, 15) is 9.59 Å². The second kappa shape index (κ2) is 8.97. The zero-order valence-electron chi connectivity index (χ0n) is 18.0. The van der Waals surface area contributed by atoms with Gasteiger partial charge in [-0.05, 0) is 69.6 Å². The van der Waals surface area contributed by atoms with Crippen LogP contribution in [0, 0.1) is 11.8 Å². The number of nitrogens with one attached hydrogen (secondary N) is 1. The number of amides is 2. The van der Waals surface area contributed by atoms with Crippen molar-refractivity contribution in [3.05, 3.63) is 35.2 Å². The second-order valence-corrected chi connectivity index (χ2v) is 9.32. The van der Waals surface area contributed by atoms with Crippen LogP contribution in [0.5, 0.6) is 0 Å². The number of ether oxygens (including phenoxy) is 1. The van der Waals surface area contributed by atoms with Gasteiger partial charge in [-0.1, -0.05) is 12.1 Å². The summed E-state index contributed by atoms with van der Waals surface area (Å²) in [4.78, 5) is 30.8. The van der Waals surface area contributed by atoms with Crippen molar-refractivity contribution in [1.82, 2.24) is 15.2 Å². The number of rotatable bonds is 5. The van der Waals surface area contributed by atoms with E-state index in [1.165, 1.54) is 5.57 Å². The van der Waals surface area contributed by atoms with Gasteiger partial charge >= 0.3 is 6.09 Å². The van der Waals surface area contributed by atoms with Gasteiger partial charge in [-0.2, -0.15) is 0 Å². The molecule has 6 heteroatoms. The average Bonchev–Trinajstić information content (AvgIpc) is 3.08. The molecular weight excluding hydrogens is 366 g/mol. The van der Waals surface area contributed by atoms with Crippen LogP contribution < -0.4 is 5.32 Å². The van der Waals surface area contributed by atoms with Crippen molar-refractivity contribution in [3.8, 4) is 0 Å². The quantitative estimate of drug-likeness (QED) is 0.817. The number of nitrogens with zero attached hydrogens (tertiary/aromatic N) is 2. The Morgan fingerprint density at radius 2 is 1.97 bits per heavy atom. The van der Waals surface area contributed by atoms with Gasteiger partial charge in [-0.3, -0.25) is 9.78 Å². The van der Waals surface area contributed by atoms with Gasteiger partial charge < -0.3 is 15.0 Å². The summed E-state index contributed by atoms with van der Waals surface area (Å²) in [6, 6.07) is 4.00.